The van der Waals surface area contributed by atoms with E-state index in [0.717, 1.165) is 41.8 Å². The Kier molecular flexibility index (Phi) is 6.64. The number of amides is 1. The SMILES string of the molecule is CCc1cc2c(N3CCC[C@@H](C(=O)Nc4cc(OC)c(OC)c(OC)c4)C3)ncnc2s1. The lowest BCUT2D eigenvalue weighted by atomic mass is 9.96. The first-order valence-corrected chi connectivity index (χ1v) is 11.5. The Hall–Kier alpha value is -3.07. The van der Waals surface area contributed by atoms with E-state index < -0.39 is 0 Å². The van der Waals surface area contributed by atoms with E-state index in [2.05, 4.69) is 33.2 Å². The molecule has 8 nitrogen and oxygen atoms in total. The van der Waals surface area contributed by atoms with Crippen molar-refractivity contribution in [2.45, 2.75) is 26.2 Å². The lowest BCUT2D eigenvalue weighted by molar-refractivity contribution is -0.120. The number of carbonyl (C=O) groups excluding carboxylic acids is 1. The quantitative estimate of drug-likeness (QED) is 0.572. The Morgan fingerprint density at radius 1 is 1.16 bits per heavy atom. The molecule has 3 aromatic rings. The fourth-order valence-corrected chi connectivity index (χ4v) is 5.03. The van der Waals surface area contributed by atoms with Crippen LogP contribution in [0.25, 0.3) is 10.2 Å². The zero-order valence-electron chi connectivity index (χ0n) is 18.8. The van der Waals surface area contributed by atoms with Crippen LogP contribution in [-0.4, -0.2) is 50.3 Å². The molecule has 1 saturated heterocycles. The number of nitrogens with zero attached hydrogens (tertiary/aromatic N) is 3. The molecule has 0 spiro atoms. The van der Waals surface area contributed by atoms with Gasteiger partial charge in [-0.1, -0.05) is 6.92 Å². The molecule has 1 aliphatic rings. The Morgan fingerprint density at radius 3 is 2.56 bits per heavy atom. The summed E-state index contributed by atoms with van der Waals surface area (Å²) in [5.74, 6) is 2.22. The molecule has 9 heteroatoms. The number of piperidine rings is 1. The second-order valence-corrected chi connectivity index (χ2v) is 8.79. The number of hydrogen-bond donors (Lipinski definition) is 1. The highest BCUT2D eigenvalue weighted by Gasteiger charge is 2.28. The average molecular weight is 457 g/mol. The van der Waals surface area contributed by atoms with Gasteiger partial charge in [0.2, 0.25) is 11.7 Å². The minimum atomic E-state index is -0.155. The van der Waals surface area contributed by atoms with E-state index in [1.807, 2.05) is 0 Å². The number of hydrogen-bond acceptors (Lipinski definition) is 8. The van der Waals surface area contributed by atoms with Crippen molar-refractivity contribution in [3.05, 3.63) is 29.4 Å². The van der Waals surface area contributed by atoms with Crippen LogP contribution in [0.3, 0.4) is 0 Å². The molecule has 170 valence electrons. The third-order valence-electron chi connectivity index (χ3n) is 5.73. The van der Waals surface area contributed by atoms with E-state index in [0.29, 0.717) is 29.5 Å². The predicted molar refractivity (Wildman–Crippen MR) is 126 cm³/mol. The van der Waals surface area contributed by atoms with Gasteiger partial charge in [-0.15, -0.1) is 11.3 Å². The molecule has 1 fully saturated rings. The Labute approximate surface area is 191 Å². The molecular weight excluding hydrogens is 428 g/mol. The van der Waals surface area contributed by atoms with E-state index in [1.54, 1.807) is 51.1 Å². The number of rotatable bonds is 7. The molecule has 1 N–H and O–H groups in total. The molecule has 4 rings (SSSR count). The van der Waals surface area contributed by atoms with E-state index in [9.17, 15) is 4.79 Å². The molecule has 0 aliphatic carbocycles. The summed E-state index contributed by atoms with van der Waals surface area (Å²) in [7, 11) is 4.66. The first kappa shape index (κ1) is 22.1. The summed E-state index contributed by atoms with van der Waals surface area (Å²) in [6.07, 6.45) is 4.34. The molecule has 0 radical (unpaired) electrons. The van der Waals surface area contributed by atoms with Gasteiger partial charge in [-0.05, 0) is 25.3 Å². The van der Waals surface area contributed by atoms with Crippen LogP contribution in [0, 0.1) is 5.92 Å². The van der Waals surface area contributed by atoms with E-state index in [4.69, 9.17) is 14.2 Å². The molecule has 3 heterocycles. The summed E-state index contributed by atoms with van der Waals surface area (Å²) in [5, 5.41) is 4.09. The number of nitrogens with one attached hydrogen (secondary N) is 1. The largest absolute Gasteiger partial charge is 0.493 e. The lowest BCUT2D eigenvalue weighted by Crippen LogP contribution is -2.41. The molecule has 0 unspecified atom stereocenters. The van der Waals surface area contributed by atoms with Crippen LogP contribution in [0.4, 0.5) is 11.5 Å². The second kappa shape index (κ2) is 9.60. The molecule has 1 atom stereocenters. The standard InChI is InChI=1S/C23H28N4O4S/c1-5-16-11-17-21(24-13-25-23(17)32-16)27-8-6-7-14(12-27)22(28)26-15-9-18(29-2)20(31-4)19(10-15)30-3/h9-11,13-14H,5-8,12H2,1-4H3,(H,26,28)/t14-/m1/s1. The zero-order chi connectivity index (χ0) is 22.7. The number of ether oxygens (including phenoxy) is 3. The van der Waals surface area contributed by atoms with Gasteiger partial charge in [-0.2, -0.15) is 0 Å². The Balaban J connectivity index is 1.53. The number of thiophene rings is 1. The summed E-state index contributed by atoms with van der Waals surface area (Å²) >= 11 is 1.70. The van der Waals surface area contributed by atoms with Gasteiger partial charge in [0.15, 0.2) is 11.5 Å². The molecule has 0 saturated carbocycles. The molecule has 1 amide bonds. The number of benzene rings is 1. The van der Waals surface area contributed by atoms with Gasteiger partial charge >= 0.3 is 0 Å². The average Bonchev–Trinajstić information content (AvgIpc) is 3.27. The van der Waals surface area contributed by atoms with Crippen LogP contribution in [-0.2, 0) is 11.2 Å². The second-order valence-electron chi connectivity index (χ2n) is 7.67. The smallest absolute Gasteiger partial charge is 0.229 e. The number of aromatic nitrogens is 2. The summed E-state index contributed by atoms with van der Waals surface area (Å²) < 4.78 is 16.2. The highest BCUT2D eigenvalue weighted by atomic mass is 32.1. The number of aryl methyl sites for hydroxylation is 1. The predicted octanol–water partition coefficient (Wildman–Crippen LogP) is 4.13. The van der Waals surface area contributed by atoms with Gasteiger partial charge < -0.3 is 24.4 Å². The van der Waals surface area contributed by atoms with Crippen molar-refractivity contribution >= 4 is 39.0 Å². The summed E-state index contributed by atoms with van der Waals surface area (Å²) in [4.78, 5) is 26.6. The lowest BCUT2D eigenvalue weighted by Gasteiger charge is -2.33. The molecule has 1 aromatic carbocycles. The first-order chi connectivity index (χ1) is 15.6. The van der Waals surface area contributed by atoms with Crippen LogP contribution in [0.1, 0.15) is 24.6 Å². The normalized spacial score (nSPS) is 16.1. The third kappa shape index (κ3) is 4.29. The molecule has 32 heavy (non-hydrogen) atoms. The minimum Gasteiger partial charge on any atom is -0.493 e. The van der Waals surface area contributed by atoms with Crippen LogP contribution < -0.4 is 24.4 Å². The van der Waals surface area contributed by atoms with Gasteiger partial charge in [0.25, 0.3) is 0 Å². The fourth-order valence-electron chi connectivity index (χ4n) is 4.10. The van der Waals surface area contributed by atoms with Gasteiger partial charge in [0, 0.05) is 35.8 Å². The molecule has 0 bridgehead atoms. The van der Waals surface area contributed by atoms with Crippen molar-refractivity contribution in [1.29, 1.82) is 0 Å². The number of fused-ring (bicyclic) bond motifs is 1. The highest BCUT2D eigenvalue weighted by molar-refractivity contribution is 7.18. The molecule has 2 aromatic heterocycles. The highest BCUT2D eigenvalue weighted by Crippen LogP contribution is 2.40. The van der Waals surface area contributed by atoms with Crippen molar-refractivity contribution in [3.8, 4) is 17.2 Å². The number of carbonyl (C=O) groups is 1. The summed E-state index contributed by atoms with van der Waals surface area (Å²) in [5.41, 5.74) is 0.608. The zero-order valence-corrected chi connectivity index (χ0v) is 19.6. The first-order valence-electron chi connectivity index (χ1n) is 10.7. The third-order valence-corrected chi connectivity index (χ3v) is 6.92. The van der Waals surface area contributed by atoms with E-state index in [1.165, 1.54) is 4.88 Å². The van der Waals surface area contributed by atoms with Gasteiger partial charge in [-0.25, -0.2) is 9.97 Å². The van der Waals surface area contributed by atoms with Crippen molar-refractivity contribution in [3.63, 3.8) is 0 Å². The summed E-state index contributed by atoms with van der Waals surface area (Å²) in [6.45, 7) is 3.62. The van der Waals surface area contributed by atoms with E-state index in [-0.39, 0.29) is 11.8 Å². The van der Waals surface area contributed by atoms with Gasteiger partial charge in [0.1, 0.15) is 17.0 Å². The van der Waals surface area contributed by atoms with Crippen molar-refractivity contribution in [2.75, 3.05) is 44.6 Å². The van der Waals surface area contributed by atoms with Crippen LogP contribution in [0.2, 0.25) is 0 Å². The van der Waals surface area contributed by atoms with Gasteiger partial charge in [-0.3, -0.25) is 4.79 Å². The fraction of sp³-hybridized carbons (Fsp3) is 0.435. The van der Waals surface area contributed by atoms with Crippen molar-refractivity contribution < 1.29 is 19.0 Å². The van der Waals surface area contributed by atoms with Crippen LogP contribution in [0.15, 0.2) is 24.5 Å². The Bertz CT molecular complexity index is 1090. The van der Waals surface area contributed by atoms with Crippen LogP contribution in [0.5, 0.6) is 17.2 Å². The number of anilines is 2. The molecule has 1 aliphatic heterocycles. The monoisotopic (exact) mass is 456 g/mol. The maximum Gasteiger partial charge on any atom is 0.229 e. The maximum atomic E-state index is 13.1. The minimum absolute atomic E-state index is 0.0335. The topological polar surface area (TPSA) is 85.8 Å². The molecular formula is C23H28N4O4S. The number of methoxy groups -OCH3 is 3. The van der Waals surface area contributed by atoms with Crippen molar-refractivity contribution in [1.82, 2.24) is 9.97 Å². The maximum absolute atomic E-state index is 13.1. The van der Waals surface area contributed by atoms with Crippen molar-refractivity contribution in [2.24, 2.45) is 5.92 Å². The van der Waals surface area contributed by atoms with Gasteiger partial charge in [0.05, 0.1) is 32.6 Å². The van der Waals surface area contributed by atoms with E-state index >= 15 is 0 Å². The Morgan fingerprint density at radius 2 is 1.91 bits per heavy atom. The summed E-state index contributed by atoms with van der Waals surface area (Å²) in [6, 6.07) is 5.66. The van der Waals surface area contributed by atoms with Crippen LogP contribution >= 0.6 is 11.3 Å².